The summed E-state index contributed by atoms with van der Waals surface area (Å²) in [5.74, 6) is 0. The molecule has 1 aromatic heterocycles. The molecule has 0 aliphatic heterocycles. The van der Waals surface area contributed by atoms with Crippen LogP contribution < -0.4 is 0 Å². The molecule has 27 heavy (non-hydrogen) atoms. The quantitative estimate of drug-likeness (QED) is 0.530. The highest BCUT2D eigenvalue weighted by Crippen LogP contribution is 2.35. The second-order valence-corrected chi connectivity index (χ2v) is 7.71. The molecular weight excluding hydrogens is 328 g/mol. The van der Waals surface area contributed by atoms with E-state index in [4.69, 9.17) is 4.98 Å². The predicted molar refractivity (Wildman–Crippen MR) is 113 cm³/mol. The van der Waals surface area contributed by atoms with E-state index in [9.17, 15) is 5.26 Å². The normalized spacial score (nSPS) is 10.7. The molecule has 0 saturated carbocycles. The van der Waals surface area contributed by atoms with Gasteiger partial charge in [0.05, 0.1) is 17.0 Å². The fraction of sp³-hybridized carbons (Fsp3) is 0.280. The molecule has 3 rings (SSSR count). The lowest BCUT2D eigenvalue weighted by Crippen LogP contribution is -2.01. The zero-order valence-corrected chi connectivity index (χ0v) is 17.3. The largest absolute Gasteiger partial charge is 0.246 e. The highest BCUT2D eigenvalue weighted by atomic mass is 14.7. The fourth-order valence-corrected chi connectivity index (χ4v) is 4.26. The van der Waals surface area contributed by atoms with E-state index in [-0.39, 0.29) is 0 Å². The van der Waals surface area contributed by atoms with Gasteiger partial charge >= 0.3 is 0 Å². The Balaban J connectivity index is 2.37. The van der Waals surface area contributed by atoms with Gasteiger partial charge in [0.2, 0.25) is 0 Å². The van der Waals surface area contributed by atoms with Crippen molar-refractivity contribution in [1.82, 2.24) is 4.98 Å². The smallest absolute Gasteiger partial charge is 0.102 e. The van der Waals surface area contributed by atoms with Gasteiger partial charge in [-0.15, -0.1) is 0 Å². The highest BCUT2D eigenvalue weighted by Gasteiger charge is 2.18. The van der Waals surface area contributed by atoms with Gasteiger partial charge in [-0.1, -0.05) is 35.4 Å². The summed E-state index contributed by atoms with van der Waals surface area (Å²) in [6.45, 7) is 14.7. The van der Waals surface area contributed by atoms with Crippen LogP contribution in [0.15, 0.2) is 30.3 Å². The van der Waals surface area contributed by atoms with Crippen molar-refractivity contribution < 1.29 is 0 Å². The molecule has 0 N–H and O–H groups in total. The summed E-state index contributed by atoms with van der Waals surface area (Å²) in [6.07, 6.45) is 0. The van der Waals surface area contributed by atoms with Gasteiger partial charge in [0.1, 0.15) is 6.07 Å². The third-order valence-corrected chi connectivity index (χ3v) is 5.18. The van der Waals surface area contributed by atoms with E-state index in [0.29, 0.717) is 5.56 Å². The molecule has 0 aliphatic rings. The standard InChI is InChI=1S/C25H26N2/c1-14-8-17(4)23(18(5)9-14)22-12-16(3)21(13-26)25(27-22)24-19(6)10-15(2)11-20(24)7/h8-12H,1-7H3. The van der Waals surface area contributed by atoms with Crippen molar-refractivity contribution in [2.24, 2.45) is 0 Å². The van der Waals surface area contributed by atoms with Crippen LogP contribution in [-0.2, 0) is 0 Å². The van der Waals surface area contributed by atoms with E-state index < -0.39 is 0 Å². The summed E-state index contributed by atoms with van der Waals surface area (Å²) >= 11 is 0. The first-order chi connectivity index (χ1) is 12.7. The van der Waals surface area contributed by atoms with Crippen molar-refractivity contribution in [2.75, 3.05) is 0 Å². The molecule has 2 aromatic carbocycles. The zero-order valence-electron chi connectivity index (χ0n) is 17.3. The van der Waals surface area contributed by atoms with Gasteiger partial charge in [0, 0.05) is 11.1 Å². The Bertz CT molecular complexity index is 1050. The van der Waals surface area contributed by atoms with Crippen LogP contribution in [0.25, 0.3) is 22.5 Å². The number of rotatable bonds is 2. The second-order valence-electron chi connectivity index (χ2n) is 7.71. The third-order valence-electron chi connectivity index (χ3n) is 5.18. The van der Waals surface area contributed by atoms with Crippen LogP contribution in [0, 0.1) is 59.8 Å². The first kappa shape index (κ1) is 18.9. The van der Waals surface area contributed by atoms with Crippen molar-refractivity contribution in [3.63, 3.8) is 0 Å². The van der Waals surface area contributed by atoms with Gasteiger partial charge in [-0.05, 0) is 82.3 Å². The van der Waals surface area contributed by atoms with Gasteiger partial charge in [0.25, 0.3) is 0 Å². The topological polar surface area (TPSA) is 36.7 Å². The Kier molecular flexibility index (Phi) is 4.89. The summed E-state index contributed by atoms with van der Waals surface area (Å²) in [5, 5.41) is 9.81. The maximum Gasteiger partial charge on any atom is 0.102 e. The van der Waals surface area contributed by atoms with E-state index in [1.165, 1.54) is 22.3 Å². The lowest BCUT2D eigenvalue weighted by Gasteiger charge is -2.17. The molecule has 0 radical (unpaired) electrons. The third kappa shape index (κ3) is 3.38. The Labute approximate surface area is 162 Å². The molecule has 0 bridgehead atoms. The van der Waals surface area contributed by atoms with E-state index in [0.717, 1.165) is 39.2 Å². The minimum Gasteiger partial charge on any atom is -0.246 e. The Morgan fingerprint density at radius 2 is 1.07 bits per heavy atom. The molecule has 0 saturated heterocycles. The zero-order chi connectivity index (χ0) is 19.9. The maximum absolute atomic E-state index is 9.81. The molecule has 0 amide bonds. The average molecular weight is 354 g/mol. The molecule has 2 nitrogen and oxygen atoms in total. The van der Waals surface area contributed by atoms with Gasteiger partial charge in [0.15, 0.2) is 0 Å². The monoisotopic (exact) mass is 354 g/mol. The number of nitrogens with zero attached hydrogens (tertiary/aromatic N) is 2. The van der Waals surface area contributed by atoms with Gasteiger partial charge in [-0.25, -0.2) is 4.98 Å². The van der Waals surface area contributed by atoms with Crippen LogP contribution in [0.4, 0.5) is 0 Å². The fourth-order valence-electron chi connectivity index (χ4n) is 4.26. The van der Waals surface area contributed by atoms with Crippen LogP contribution in [0.1, 0.15) is 44.5 Å². The number of aryl methyl sites for hydroxylation is 7. The summed E-state index contributed by atoms with van der Waals surface area (Å²) in [7, 11) is 0. The number of pyridine rings is 1. The molecule has 0 aliphatic carbocycles. The molecular formula is C25H26N2. The van der Waals surface area contributed by atoms with Crippen molar-refractivity contribution in [2.45, 2.75) is 48.5 Å². The van der Waals surface area contributed by atoms with Crippen LogP contribution in [0.3, 0.4) is 0 Å². The summed E-state index contributed by atoms with van der Waals surface area (Å²) in [5.41, 5.74) is 12.8. The van der Waals surface area contributed by atoms with Crippen molar-refractivity contribution >= 4 is 0 Å². The van der Waals surface area contributed by atoms with Gasteiger partial charge < -0.3 is 0 Å². The van der Waals surface area contributed by atoms with Crippen molar-refractivity contribution in [3.8, 4) is 28.6 Å². The summed E-state index contributed by atoms with van der Waals surface area (Å²) < 4.78 is 0. The van der Waals surface area contributed by atoms with Crippen LogP contribution >= 0.6 is 0 Å². The second kappa shape index (κ2) is 7.00. The Morgan fingerprint density at radius 1 is 0.630 bits per heavy atom. The van der Waals surface area contributed by atoms with Crippen molar-refractivity contribution in [1.29, 1.82) is 5.26 Å². The van der Waals surface area contributed by atoms with E-state index in [1.54, 1.807) is 0 Å². The van der Waals surface area contributed by atoms with Gasteiger partial charge in [-0.2, -0.15) is 5.26 Å². The minimum absolute atomic E-state index is 0.663. The molecule has 0 fully saturated rings. The number of aromatic nitrogens is 1. The summed E-state index contributed by atoms with van der Waals surface area (Å²) in [6, 6.07) is 13.1. The first-order valence-electron chi connectivity index (χ1n) is 9.31. The lowest BCUT2D eigenvalue weighted by molar-refractivity contribution is 1.21. The van der Waals surface area contributed by atoms with Crippen LogP contribution in [0.5, 0.6) is 0 Å². The van der Waals surface area contributed by atoms with Crippen LogP contribution in [-0.4, -0.2) is 4.98 Å². The molecule has 136 valence electrons. The van der Waals surface area contributed by atoms with E-state index in [1.807, 2.05) is 13.0 Å². The molecule has 0 unspecified atom stereocenters. The molecule has 0 atom stereocenters. The number of hydrogen-bond acceptors (Lipinski definition) is 2. The number of hydrogen-bond donors (Lipinski definition) is 0. The molecule has 3 aromatic rings. The maximum atomic E-state index is 9.81. The average Bonchev–Trinajstić information content (AvgIpc) is 2.52. The Hall–Kier alpha value is -2.92. The number of nitriles is 1. The Morgan fingerprint density at radius 3 is 1.52 bits per heavy atom. The van der Waals surface area contributed by atoms with Crippen molar-refractivity contribution in [3.05, 3.63) is 74.8 Å². The molecule has 0 spiro atoms. The van der Waals surface area contributed by atoms with E-state index in [2.05, 4.69) is 71.9 Å². The number of benzene rings is 2. The first-order valence-corrected chi connectivity index (χ1v) is 9.31. The summed E-state index contributed by atoms with van der Waals surface area (Å²) in [4.78, 5) is 5.03. The lowest BCUT2D eigenvalue weighted by atomic mass is 9.91. The SMILES string of the molecule is Cc1cc(C)c(-c2cc(C)c(C#N)c(-c3c(C)cc(C)cc3C)n2)c(C)c1. The highest BCUT2D eigenvalue weighted by molar-refractivity contribution is 5.79. The van der Waals surface area contributed by atoms with E-state index >= 15 is 0 Å². The molecule has 1 heterocycles. The predicted octanol–water partition coefficient (Wildman–Crippen LogP) is 6.45. The molecule has 2 heteroatoms. The van der Waals surface area contributed by atoms with Crippen LogP contribution in [0.2, 0.25) is 0 Å². The van der Waals surface area contributed by atoms with Gasteiger partial charge in [-0.3, -0.25) is 0 Å². The minimum atomic E-state index is 0.663.